The lowest BCUT2D eigenvalue weighted by atomic mass is 9.94. The molecular weight excluding hydrogens is 496 g/mol. The molecule has 0 fully saturated rings. The summed E-state index contributed by atoms with van der Waals surface area (Å²) in [5.74, 6) is 2.19. The quantitative estimate of drug-likeness (QED) is 0.249. The van der Waals surface area contributed by atoms with Crippen LogP contribution in [0.1, 0.15) is 16.7 Å². The molecule has 0 aliphatic carbocycles. The first kappa shape index (κ1) is 21.7. The Hall–Kier alpha value is -5.23. The van der Waals surface area contributed by atoms with E-state index in [-0.39, 0.29) is 0 Å². The van der Waals surface area contributed by atoms with Gasteiger partial charge in [0.05, 0.1) is 17.8 Å². The molecule has 40 heavy (non-hydrogen) atoms. The SMILES string of the molecule is Cc1cc(-c2ccccc2)cc(C)c1-c1cc2n(n1)C13c4c(cccc4Oc4cccc-2[n+]41)Oc1cccc[n+]13. The van der Waals surface area contributed by atoms with Crippen LogP contribution in [0.4, 0.5) is 0 Å². The summed E-state index contributed by atoms with van der Waals surface area (Å²) in [4.78, 5) is 0. The maximum absolute atomic E-state index is 6.46. The third kappa shape index (κ3) is 2.56. The number of rotatable bonds is 2. The average molecular weight is 521 g/mol. The molecule has 1 atom stereocenters. The van der Waals surface area contributed by atoms with Crippen molar-refractivity contribution in [3.05, 3.63) is 126 Å². The van der Waals surface area contributed by atoms with Crippen molar-refractivity contribution in [2.24, 2.45) is 0 Å². The zero-order chi connectivity index (χ0) is 26.6. The number of pyridine rings is 2. The first-order chi connectivity index (χ1) is 19.6. The fourth-order valence-electron chi connectivity index (χ4n) is 6.83. The Morgan fingerprint density at radius 2 is 1.40 bits per heavy atom. The van der Waals surface area contributed by atoms with Crippen molar-refractivity contribution >= 4 is 0 Å². The number of ether oxygens (including phenoxy) is 2. The number of nitrogens with zero attached hydrogens (tertiary/aromatic N) is 4. The minimum Gasteiger partial charge on any atom is -0.404 e. The first-order valence-corrected chi connectivity index (χ1v) is 13.5. The third-order valence-corrected chi connectivity index (χ3v) is 8.34. The molecular formula is C34H24N4O2+2. The lowest BCUT2D eigenvalue weighted by Gasteiger charge is -2.31. The van der Waals surface area contributed by atoms with Crippen LogP contribution < -0.4 is 18.6 Å². The highest BCUT2D eigenvalue weighted by Gasteiger charge is 2.71. The van der Waals surface area contributed by atoms with E-state index in [1.54, 1.807) is 0 Å². The normalized spacial score (nSPS) is 16.8. The molecule has 3 aliphatic rings. The highest BCUT2D eigenvalue weighted by atomic mass is 16.5. The minimum absolute atomic E-state index is 0.742. The Morgan fingerprint density at radius 1 is 0.700 bits per heavy atom. The number of fused-ring (bicyclic) bond motifs is 3. The molecule has 6 heterocycles. The van der Waals surface area contributed by atoms with E-state index in [9.17, 15) is 0 Å². The van der Waals surface area contributed by atoms with E-state index in [1.165, 1.54) is 22.3 Å². The second-order valence-corrected chi connectivity index (χ2v) is 10.6. The Labute approximate surface area is 230 Å². The molecule has 0 N–H and O–H groups in total. The van der Waals surface area contributed by atoms with Crippen molar-refractivity contribution in [1.29, 1.82) is 0 Å². The summed E-state index contributed by atoms with van der Waals surface area (Å²) < 4.78 is 19.4. The topological polar surface area (TPSA) is 44.0 Å². The smallest absolute Gasteiger partial charge is 0.404 e. The van der Waals surface area contributed by atoms with Gasteiger partial charge in [0.1, 0.15) is 5.69 Å². The fraction of sp³-hybridized carbons (Fsp3) is 0.0882. The monoisotopic (exact) mass is 520 g/mol. The molecule has 6 heteroatoms. The van der Waals surface area contributed by atoms with Crippen LogP contribution in [-0.2, 0) is 5.79 Å². The summed E-state index contributed by atoms with van der Waals surface area (Å²) in [6, 6.07) is 35.5. The van der Waals surface area contributed by atoms with E-state index in [0.717, 1.165) is 51.5 Å². The van der Waals surface area contributed by atoms with Gasteiger partial charge in [0, 0.05) is 17.7 Å². The molecule has 3 aromatic carbocycles. The van der Waals surface area contributed by atoms with Crippen LogP contribution in [0, 0.1) is 13.8 Å². The predicted octanol–water partition coefficient (Wildman–Crippen LogP) is 6.36. The van der Waals surface area contributed by atoms with Crippen molar-refractivity contribution in [2.45, 2.75) is 19.6 Å². The van der Waals surface area contributed by atoms with E-state index in [1.807, 2.05) is 48.5 Å². The Kier molecular flexibility index (Phi) is 4.04. The van der Waals surface area contributed by atoms with Crippen molar-refractivity contribution in [3.8, 4) is 57.0 Å². The second-order valence-electron chi connectivity index (χ2n) is 10.6. The summed E-state index contributed by atoms with van der Waals surface area (Å²) in [6.07, 6.45) is 2.07. The summed E-state index contributed by atoms with van der Waals surface area (Å²) in [5.41, 5.74) is 9.93. The summed E-state index contributed by atoms with van der Waals surface area (Å²) >= 11 is 0. The van der Waals surface area contributed by atoms with Crippen molar-refractivity contribution in [3.63, 3.8) is 0 Å². The van der Waals surface area contributed by atoms with E-state index in [0.29, 0.717) is 0 Å². The Balaban J connectivity index is 1.34. The van der Waals surface area contributed by atoms with Crippen LogP contribution in [0.15, 0.2) is 109 Å². The summed E-state index contributed by atoms with van der Waals surface area (Å²) in [6.45, 7) is 4.36. The van der Waals surface area contributed by atoms with Gasteiger partial charge < -0.3 is 9.47 Å². The van der Waals surface area contributed by atoms with Gasteiger partial charge in [-0.25, -0.2) is 0 Å². The largest absolute Gasteiger partial charge is 0.509 e. The first-order valence-electron chi connectivity index (χ1n) is 13.5. The molecule has 190 valence electrons. The molecule has 0 saturated carbocycles. The van der Waals surface area contributed by atoms with Crippen LogP contribution >= 0.6 is 0 Å². The van der Waals surface area contributed by atoms with Crippen LogP contribution in [0.25, 0.3) is 33.8 Å². The molecule has 6 aromatic rings. The van der Waals surface area contributed by atoms with E-state index in [2.05, 4.69) is 88.5 Å². The second kappa shape index (κ2) is 7.45. The Bertz CT molecular complexity index is 2010. The third-order valence-electron chi connectivity index (χ3n) is 8.34. The van der Waals surface area contributed by atoms with Gasteiger partial charge in [-0.15, -0.1) is 4.68 Å². The lowest BCUT2D eigenvalue weighted by molar-refractivity contribution is -0.985. The fourth-order valence-corrected chi connectivity index (χ4v) is 6.83. The van der Waals surface area contributed by atoms with E-state index < -0.39 is 5.79 Å². The molecule has 0 radical (unpaired) electrons. The molecule has 1 spiro atoms. The molecule has 0 bridgehead atoms. The number of aromatic nitrogens is 4. The molecule has 1 unspecified atom stereocenters. The van der Waals surface area contributed by atoms with Gasteiger partial charge in [-0.05, 0) is 66.4 Å². The molecule has 9 rings (SSSR count). The molecule has 3 aliphatic heterocycles. The standard InChI is InChI=1S/C34H24N4O2/c1-21-18-24(23-10-4-3-5-11-23)19-22(2)32(21)25-20-27-26-12-8-16-31-37(26)34(38(27)35-25)33-28(13-9-14-29(33)40-31)39-30-15-6-7-17-36(30)34/h3-20H,1-2H3/q+2. The van der Waals surface area contributed by atoms with Crippen molar-refractivity contribution < 1.29 is 18.6 Å². The predicted molar refractivity (Wildman–Crippen MR) is 149 cm³/mol. The van der Waals surface area contributed by atoms with Crippen LogP contribution in [-0.4, -0.2) is 9.78 Å². The number of aryl methyl sites for hydroxylation is 2. The summed E-state index contributed by atoms with van der Waals surface area (Å²) in [5, 5.41) is 5.41. The van der Waals surface area contributed by atoms with Crippen LogP contribution in [0.3, 0.4) is 0 Å². The highest BCUT2D eigenvalue weighted by molar-refractivity contribution is 5.77. The van der Waals surface area contributed by atoms with Crippen LogP contribution in [0.5, 0.6) is 23.3 Å². The van der Waals surface area contributed by atoms with Gasteiger partial charge in [0.25, 0.3) is 0 Å². The van der Waals surface area contributed by atoms with Crippen molar-refractivity contribution in [2.75, 3.05) is 0 Å². The Morgan fingerprint density at radius 3 is 2.20 bits per heavy atom. The minimum atomic E-state index is -0.843. The van der Waals surface area contributed by atoms with Crippen LogP contribution in [0.2, 0.25) is 0 Å². The molecule has 0 amide bonds. The van der Waals surface area contributed by atoms with E-state index >= 15 is 0 Å². The van der Waals surface area contributed by atoms with Gasteiger partial charge >= 0.3 is 17.5 Å². The maximum atomic E-state index is 6.46. The molecule has 3 aromatic heterocycles. The molecule has 6 nitrogen and oxygen atoms in total. The van der Waals surface area contributed by atoms with E-state index in [4.69, 9.17) is 14.6 Å². The zero-order valence-corrected chi connectivity index (χ0v) is 22.0. The average Bonchev–Trinajstić information content (AvgIpc) is 3.52. The lowest BCUT2D eigenvalue weighted by Crippen LogP contribution is -2.78. The number of hydrogen-bond donors (Lipinski definition) is 0. The number of benzene rings is 3. The summed E-state index contributed by atoms with van der Waals surface area (Å²) in [7, 11) is 0. The van der Waals surface area contributed by atoms with Gasteiger partial charge in [-0.3, -0.25) is 0 Å². The van der Waals surface area contributed by atoms with Gasteiger partial charge in [-0.1, -0.05) is 57.7 Å². The zero-order valence-electron chi connectivity index (χ0n) is 22.0. The van der Waals surface area contributed by atoms with Crippen molar-refractivity contribution in [1.82, 2.24) is 9.78 Å². The number of hydrogen-bond acceptors (Lipinski definition) is 3. The highest BCUT2D eigenvalue weighted by Crippen LogP contribution is 2.51. The maximum Gasteiger partial charge on any atom is 0.509 e. The van der Waals surface area contributed by atoms with Gasteiger partial charge in [0.2, 0.25) is 11.3 Å². The van der Waals surface area contributed by atoms with Gasteiger partial charge in [-0.2, -0.15) is 5.10 Å². The molecule has 0 saturated heterocycles. The van der Waals surface area contributed by atoms with Gasteiger partial charge in [0.15, 0.2) is 17.7 Å².